The third-order valence-corrected chi connectivity index (χ3v) is 6.95. The number of halogens is 1. The van der Waals surface area contributed by atoms with Gasteiger partial charge in [0.1, 0.15) is 16.7 Å². The smallest absolute Gasteiger partial charge is 0.342 e. The van der Waals surface area contributed by atoms with Crippen molar-refractivity contribution in [1.82, 2.24) is 0 Å². The predicted molar refractivity (Wildman–Crippen MR) is 95.6 cm³/mol. The van der Waals surface area contributed by atoms with E-state index >= 15 is 0 Å². The summed E-state index contributed by atoms with van der Waals surface area (Å²) in [6.45, 7) is 7.95. The molecule has 2 bridgehead atoms. The first-order valence-corrected chi connectivity index (χ1v) is 8.93. The van der Waals surface area contributed by atoms with E-state index < -0.39 is 11.9 Å². The zero-order chi connectivity index (χ0) is 18.6. The Morgan fingerprint density at radius 1 is 1.28 bits per heavy atom. The number of hydrogen-bond acceptors (Lipinski definition) is 5. The van der Waals surface area contributed by atoms with Crippen molar-refractivity contribution in [3.8, 4) is 5.75 Å². The van der Waals surface area contributed by atoms with E-state index in [1.807, 2.05) is 0 Å². The van der Waals surface area contributed by atoms with Crippen LogP contribution in [0.3, 0.4) is 0 Å². The third kappa shape index (κ3) is 2.69. The van der Waals surface area contributed by atoms with Gasteiger partial charge in [-0.05, 0) is 42.7 Å². The van der Waals surface area contributed by atoms with Gasteiger partial charge in [-0.1, -0.05) is 32.4 Å². The van der Waals surface area contributed by atoms with Crippen LogP contribution in [0.15, 0.2) is 12.1 Å². The third-order valence-electron chi connectivity index (χ3n) is 6.56. The summed E-state index contributed by atoms with van der Waals surface area (Å²) in [5.41, 5.74) is 6.21. The van der Waals surface area contributed by atoms with Crippen molar-refractivity contribution in [1.29, 1.82) is 0 Å². The van der Waals surface area contributed by atoms with Crippen LogP contribution in [0.5, 0.6) is 5.75 Å². The van der Waals surface area contributed by atoms with Gasteiger partial charge in [0.25, 0.3) is 0 Å². The zero-order valence-electron chi connectivity index (χ0n) is 15.0. The van der Waals surface area contributed by atoms with Crippen molar-refractivity contribution in [2.24, 2.45) is 16.7 Å². The van der Waals surface area contributed by atoms with E-state index in [0.717, 1.165) is 12.8 Å². The van der Waals surface area contributed by atoms with Crippen molar-refractivity contribution in [2.45, 2.75) is 53.1 Å². The van der Waals surface area contributed by atoms with E-state index in [0.29, 0.717) is 5.92 Å². The van der Waals surface area contributed by atoms with E-state index in [1.165, 1.54) is 25.5 Å². The van der Waals surface area contributed by atoms with Gasteiger partial charge in [-0.25, -0.2) is 4.79 Å². The second kappa shape index (κ2) is 5.90. The number of nitrogens with two attached hydrogens (primary N) is 1. The summed E-state index contributed by atoms with van der Waals surface area (Å²) in [5.74, 6) is -0.590. The van der Waals surface area contributed by atoms with Gasteiger partial charge in [0.2, 0.25) is 0 Å². The van der Waals surface area contributed by atoms with Gasteiger partial charge in [0, 0.05) is 12.3 Å². The molecule has 3 unspecified atom stereocenters. The highest BCUT2D eigenvalue weighted by atomic mass is 35.5. The fourth-order valence-electron chi connectivity index (χ4n) is 4.48. The van der Waals surface area contributed by atoms with Gasteiger partial charge in [0.15, 0.2) is 5.75 Å². The quantitative estimate of drug-likeness (QED) is 0.493. The van der Waals surface area contributed by atoms with E-state index in [2.05, 4.69) is 20.8 Å². The number of nitrogen functional groups attached to an aromatic ring is 1. The molecule has 0 aromatic heterocycles. The Kier molecular flexibility index (Phi) is 4.26. The van der Waals surface area contributed by atoms with Gasteiger partial charge >= 0.3 is 11.9 Å². The van der Waals surface area contributed by atoms with Crippen LogP contribution in [-0.2, 0) is 9.53 Å². The molecule has 1 aromatic rings. The average molecular weight is 366 g/mol. The highest BCUT2D eigenvalue weighted by molar-refractivity contribution is 6.35. The Morgan fingerprint density at radius 3 is 2.48 bits per heavy atom. The molecule has 6 heteroatoms. The van der Waals surface area contributed by atoms with Gasteiger partial charge in [-0.2, -0.15) is 0 Å². The van der Waals surface area contributed by atoms with Gasteiger partial charge < -0.3 is 15.2 Å². The molecule has 2 aliphatic rings. The number of carbonyl (C=O) groups excluding carboxylic acids is 2. The normalized spacial score (nSPS) is 29.5. The molecule has 1 aromatic carbocycles. The number of anilines is 1. The first-order valence-electron chi connectivity index (χ1n) is 8.55. The Balaban J connectivity index is 1.88. The second-order valence-electron chi connectivity index (χ2n) is 7.94. The number of fused-ring (bicyclic) bond motifs is 2. The van der Waals surface area contributed by atoms with Crippen LogP contribution >= 0.6 is 11.6 Å². The molecule has 136 valence electrons. The lowest BCUT2D eigenvalue weighted by Crippen LogP contribution is -2.38. The monoisotopic (exact) mass is 365 g/mol. The minimum absolute atomic E-state index is 0.0354. The minimum atomic E-state index is -0.574. The Labute approximate surface area is 152 Å². The molecule has 2 saturated carbocycles. The molecule has 25 heavy (non-hydrogen) atoms. The van der Waals surface area contributed by atoms with Crippen molar-refractivity contribution < 1.29 is 19.1 Å². The zero-order valence-corrected chi connectivity index (χ0v) is 15.8. The maximum Gasteiger partial charge on any atom is 0.342 e. The predicted octanol–water partition coefficient (Wildman–Crippen LogP) is 4.22. The highest BCUT2D eigenvalue weighted by Crippen LogP contribution is 2.66. The van der Waals surface area contributed by atoms with Crippen LogP contribution in [0.2, 0.25) is 5.02 Å². The molecule has 0 saturated heterocycles. The molecule has 0 heterocycles. The van der Waals surface area contributed by atoms with Crippen LogP contribution in [-0.4, -0.2) is 18.0 Å². The van der Waals surface area contributed by atoms with E-state index in [1.54, 1.807) is 0 Å². The summed E-state index contributed by atoms with van der Waals surface area (Å²) in [4.78, 5) is 24.1. The Hall–Kier alpha value is -1.75. The molecule has 2 aliphatic carbocycles. The largest absolute Gasteiger partial charge is 0.458 e. The van der Waals surface area contributed by atoms with Crippen LogP contribution < -0.4 is 10.5 Å². The van der Waals surface area contributed by atoms with E-state index in [-0.39, 0.29) is 39.0 Å². The lowest BCUT2D eigenvalue weighted by molar-refractivity contribution is -0.131. The topological polar surface area (TPSA) is 78.6 Å². The van der Waals surface area contributed by atoms with Crippen molar-refractivity contribution in [3.05, 3.63) is 22.7 Å². The van der Waals surface area contributed by atoms with E-state index in [9.17, 15) is 9.59 Å². The van der Waals surface area contributed by atoms with Crippen molar-refractivity contribution in [2.75, 3.05) is 5.73 Å². The standard InChI is InChI=1S/C19H24ClNO4/c1-10(22)24-16-12(5-6-13(21)15(16)20)17(23)25-14-9-11-7-8-19(14,4)18(11,2)3/h5-6,11,14H,7-9,21H2,1-4H3. The summed E-state index contributed by atoms with van der Waals surface area (Å²) < 4.78 is 11.0. The minimum Gasteiger partial charge on any atom is -0.458 e. The van der Waals surface area contributed by atoms with Crippen LogP contribution in [0.25, 0.3) is 0 Å². The summed E-state index contributed by atoms with van der Waals surface area (Å²) in [5, 5.41) is 0.0455. The van der Waals surface area contributed by atoms with Gasteiger partial charge in [-0.15, -0.1) is 0 Å². The maximum atomic E-state index is 12.8. The molecular weight excluding hydrogens is 342 g/mol. The molecule has 3 atom stereocenters. The van der Waals surface area contributed by atoms with Crippen LogP contribution in [0, 0.1) is 16.7 Å². The Morgan fingerprint density at radius 2 is 1.96 bits per heavy atom. The number of benzene rings is 1. The number of ether oxygens (including phenoxy) is 2. The fraction of sp³-hybridized carbons (Fsp3) is 0.579. The fourth-order valence-corrected chi connectivity index (χ4v) is 4.68. The van der Waals surface area contributed by atoms with Crippen molar-refractivity contribution >= 4 is 29.2 Å². The SMILES string of the molecule is CC(=O)Oc1c(C(=O)OC2CC3CCC2(C)C3(C)C)ccc(N)c1Cl. The first kappa shape index (κ1) is 18.1. The number of esters is 2. The molecular formula is C19H24ClNO4. The van der Waals surface area contributed by atoms with Crippen LogP contribution in [0.1, 0.15) is 57.3 Å². The lowest BCUT2D eigenvalue weighted by Gasteiger charge is -2.38. The summed E-state index contributed by atoms with van der Waals surface area (Å²) >= 11 is 6.13. The highest BCUT2D eigenvalue weighted by Gasteiger charge is 2.62. The number of hydrogen-bond donors (Lipinski definition) is 1. The summed E-state index contributed by atoms with van der Waals surface area (Å²) in [6.07, 6.45) is 2.92. The molecule has 5 nitrogen and oxygen atoms in total. The first-order chi connectivity index (χ1) is 11.6. The summed E-state index contributed by atoms with van der Waals surface area (Å²) in [6, 6.07) is 3.00. The summed E-state index contributed by atoms with van der Waals surface area (Å²) in [7, 11) is 0. The molecule has 0 aliphatic heterocycles. The molecule has 0 spiro atoms. The van der Waals surface area contributed by atoms with Crippen molar-refractivity contribution in [3.63, 3.8) is 0 Å². The number of rotatable bonds is 3. The lowest BCUT2D eigenvalue weighted by atomic mass is 9.70. The second-order valence-corrected chi connectivity index (χ2v) is 8.32. The number of carbonyl (C=O) groups is 2. The maximum absolute atomic E-state index is 12.8. The van der Waals surface area contributed by atoms with Crippen LogP contribution in [0.4, 0.5) is 5.69 Å². The van der Waals surface area contributed by atoms with E-state index in [4.69, 9.17) is 26.8 Å². The Bertz CT molecular complexity index is 745. The molecule has 3 rings (SSSR count). The average Bonchev–Trinajstić information content (AvgIpc) is 2.85. The molecule has 0 amide bonds. The molecule has 0 radical (unpaired) electrons. The van der Waals surface area contributed by atoms with Gasteiger partial charge in [-0.3, -0.25) is 4.79 Å². The molecule has 2 N–H and O–H groups in total. The van der Waals surface area contributed by atoms with Gasteiger partial charge in [0.05, 0.1) is 5.69 Å². The molecule has 2 fully saturated rings.